The topological polar surface area (TPSA) is 85.8 Å². The van der Waals surface area contributed by atoms with Crippen molar-refractivity contribution in [2.75, 3.05) is 6.54 Å². The summed E-state index contributed by atoms with van der Waals surface area (Å²) in [5, 5.41) is 10.5. The Balaban J connectivity index is 1.85. The van der Waals surface area contributed by atoms with Gasteiger partial charge in [0.05, 0.1) is 5.69 Å². The molecule has 2 rings (SSSR count). The number of hydrogen-bond acceptors (Lipinski definition) is 4. The third kappa shape index (κ3) is 4.35. The van der Waals surface area contributed by atoms with E-state index in [4.69, 9.17) is 5.73 Å². The van der Waals surface area contributed by atoms with Crippen molar-refractivity contribution in [3.63, 3.8) is 0 Å². The molecule has 2 aromatic rings. The zero-order chi connectivity index (χ0) is 15.2. The first-order chi connectivity index (χ1) is 10.1. The first-order valence-electron chi connectivity index (χ1n) is 6.69. The number of aryl methyl sites for hydroxylation is 1. The van der Waals surface area contributed by atoms with E-state index >= 15 is 0 Å². The lowest BCUT2D eigenvalue weighted by atomic mass is 10.1. The molecule has 0 saturated carbocycles. The van der Waals surface area contributed by atoms with Crippen molar-refractivity contribution >= 4 is 5.91 Å². The molecular weight excluding hydrogens is 273 g/mol. The fraction of sp³-hybridized carbons (Fsp3) is 0.357. The molecule has 1 aromatic heterocycles. The van der Waals surface area contributed by atoms with Crippen molar-refractivity contribution < 1.29 is 9.18 Å². The lowest BCUT2D eigenvalue weighted by molar-refractivity contribution is -0.122. The molecule has 0 radical (unpaired) electrons. The molecule has 0 aliphatic heterocycles. The highest BCUT2D eigenvalue weighted by Gasteiger charge is 2.06. The number of amides is 1. The van der Waals surface area contributed by atoms with Crippen LogP contribution in [0.25, 0.3) is 0 Å². The van der Waals surface area contributed by atoms with Gasteiger partial charge in [-0.05, 0) is 30.7 Å². The van der Waals surface area contributed by atoms with Gasteiger partial charge in [0, 0.05) is 19.2 Å². The van der Waals surface area contributed by atoms with Crippen LogP contribution in [0.3, 0.4) is 0 Å². The molecule has 112 valence electrons. The Kier molecular flexibility index (Phi) is 4.99. The van der Waals surface area contributed by atoms with Gasteiger partial charge in [-0.25, -0.2) is 9.07 Å². The van der Waals surface area contributed by atoms with Crippen LogP contribution >= 0.6 is 0 Å². The zero-order valence-electron chi connectivity index (χ0n) is 11.8. The maximum atomic E-state index is 13.4. The van der Waals surface area contributed by atoms with E-state index in [-0.39, 0.29) is 24.8 Å². The highest BCUT2D eigenvalue weighted by Crippen LogP contribution is 2.08. The Hall–Kier alpha value is -2.28. The van der Waals surface area contributed by atoms with Gasteiger partial charge in [-0.15, -0.1) is 5.10 Å². The monoisotopic (exact) mass is 291 g/mol. The maximum Gasteiger partial charge on any atom is 0.242 e. The van der Waals surface area contributed by atoms with Crippen LogP contribution in [0.2, 0.25) is 0 Å². The summed E-state index contributed by atoms with van der Waals surface area (Å²) in [7, 11) is 0. The molecule has 1 aromatic carbocycles. The summed E-state index contributed by atoms with van der Waals surface area (Å²) in [5.41, 5.74) is 7.47. The number of halogens is 1. The molecule has 0 saturated heterocycles. The van der Waals surface area contributed by atoms with Gasteiger partial charge >= 0.3 is 0 Å². The average Bonchev–Trinajstić information content (AvgIpc) is 2.88. The minimum Gasteiger partial charge on any atom is -0.350 e. The summed E-state index contributed by atoms with van der Waals surface area (Å²) >= 11 is 0. The summed E-state index contributed by atoms with van der Waals surface area (Å²) < 4.78 is 14.8. The van der Waals surface area contributed by atoms with Gasteiger partial charge in [0.1, 0.15) is 12.4 Å². The Labute approximate surface area is 122 Å². The van der Waals surface area contributed by atoms with E-state index in [9.17, 15) is 9.18 Å². The van der Waals surface area contributed by atoms with Gasteiger partial charge in [0.2, 0.25) is 5.91 Å². The minimum absolute atomic E-state index is 0.0753. The number of carbonyl (C=O) groups excluding carboxylic acids is 1. The zero-order valence-corrected chi connectivity index (χ0v) is 11.8. The molecular formula is C14H18FN5O. The van der Waals surface area contributed by atoms with Crippen LogP contribution in [-0.2, 0) is 24.3 Å². The second-order valence-electron chi connectivity index (χ2n) is 4.81. The maximum absolute atomic E-state index is 13.4. The molecule has 0 spiro atoms. The predicted molar refractivity (Wildman–Crippen MR) is 75.8 cm³/mol. The number of nitrogens with zero attached hydrogens (tertiary/aromatic N) is 3. The van der Waals surface area contributed by atoms with Crippen LogP contribution in [0.15, 0.2) is 24.4 Å². The van der Waals surface area contributed by atoms with Crippen molar-refractivity contribution in [3.05, 3.63) is 47.0 Å². The van der Waals surface area contributed by atoms with E-state index in [0.29, 0.717) is 24.1 Å². The Bertz CT molecular complexity index is 626. The van der Waals surface area contributed by atoms with Crippen LogP contribution in [-0.4, -0.2) is 27.4 Å². The van der Waals surface area contributed by atoms with Crippen molar-refractivity contribution in [2.24, 2.45) is 5.73 Å². The van der Waals surface area contributed by atoms with Gasteiger partial charge in [-0.1, -0.05) is 17.3 Å². The number of hydrogen-bond donors (Lipinski definition) is 2. The van der Waals surface area contributed by atoms with Gasteiger partial charge in [0.25, 0.3) is 0 Å². The molecule has 0 aliphatic rings. The first-order valence-corrected chi connectivity index (χ1v) is 6.69. The van der Waals surface area contributed by atoms with Crippen molar-refractivity contribution in [1.29, 1.82) is 0 Å². The van der Waals surface area contributed by atoms with E-state index in [2.05, 4.69) is 15.6 Å². The molecule has 1 heterocycles. The summed E-state index contributed by atoms with van der Waals surface area (Å²) in [6.07, 6.45) is 2.32. The highest BCUT2D eigenvalue weighted by molar-refractivity contribution is 5.75. The lowest BCUT2D eigenvalue weighted by Crippen LogP contribution is -2.27. The smallest absolute Gasteiger partial charge is 0.242 e. The summed E-state index contributed by atoms with van der Waals surface area (Å²) in [6, 6.07) is 4.89. The number of rotatable bonds is 6. The average molecular weight is 291 g/mol. The van der Waals surface area contributed by atoms with Crippen molar-refractivity contribution in [3.8, 4) is 0 Å². The summed E-state index contributed by atoms with van der Waals surface area (Å²) in [6.45, 7) is 2.54. The number of aromatic nitrogens is 3. The first kappa shape index (κ1) is 15.1. The molecule has 0 bridgehead atoms. The number of carbonyl (C=O) groups is 1. The molecule has 1 amide bonds. The van der Waals surface area contributed by atoms with Gasteiger partial charge < -0.3 is 11.1 Å². The standard InChI is InChI=1S/C14H18FN5O/c1-10-2-3-11(6-13(10)15)7-17-14(21)9-20-8-12(4-5-16)18-19-20/h2-3,6,8H,4-5,7,9,16H2,1H3,(H,17,21). The third-order valence-corrected chi connectivity index (χ3v) is 3.02. The fourth-order valence-corrected chi connectivity index (χ4v) is 1.83. The Morgan fingerprint density at radius 1 is 1.48 bits per heavy atom. The van der Waals surface area contributed by atoms with Crippen molar-refractivity contribution in [1.82, 2.24) is 20.3 Å². The van der Waals surface area contributed by atoms with Gasteiger partial charge in [-0.3, -0.25) is 4.79 Å². The van der Waals surface area contributed by atoms with E-state index in [0.717, 1.165) is 5.69 Å². The SMILES string of the molecule is Cc1ccc(CNC(=O)Cn2cc(CCN)nn2)cc1F. The highest BCUT2D eigenvalue weighted by atomic mass is 19.1. The van der Waals surface area contributed by atoms with Crippen LogP contribution in [0, 0.1) is 12.7 Å². The Morgan fingerprint density at radius 3 is 3.00 bits per heavy atom. The minimum atomic E-state index is -0.274. The van der Waals surface area contributed by atoms with Gasteiger partial charge in [-0.2, -0.15) is 0 Å². The van der Waals surface area contributed by atoms with Crippen LogP contribution < -0.4 is 11.1 Å². The quantitative estimate of drug-likeness (QED) is 0.813. The van der Waals surface area contributed by atoms with E-state index < -0.39 is 0 Å². The van der Waals surface area contributed by atoms with E-state index in [1.807, 2.05) is 0 Å². The predicted octanol–water partition coefficient (Wildman–Crippen LogP) is 0.543. The normalized spacial score (nSPS) is 10.6. The lowest BCUT2D eigenvalue weighted by Gasteiger charge is -2.06. The van der Waals surface area contributed by atoms with Crippen molar-refractivity contribution in [2.45, 2.75) is 26.4 Å². The van der Waals surface area contributed by atoms with E-state index in [1.54, 1.807) is 25.3 Å². The van der Waals surface area contributed by atoms with Crippen LogP contribution in [0.4, 0.5) is 4.39 Å². The second-order valence-corrected chi connectivity index (χ2v) is 4.81. The van der Waals surface area contributed by atoms with E-state index in [1.165, 1.54) is 10.7 Å². The molecule has 0 unspecified atom stereocenters. The molecule has 6 nitrogen and oxygen atoms in total. The molecule has 0 atom stereocenters. The third-order valence-electron chi connectivity index (χ3n) is 3.02. The largest absolute Gasteiger partial charge is 0.350 e. The van der Waals surface area contributed by atoms with Crippen LogP contribution in [0.1, 0.15) is 16.8 Å². The summed E-state index contributed by atoms with van der Waals surface area (Å²) in [4.78, 5) is 11.8. The Morgan fingerprint density at radius 2 is 2.29 bits per heavy atom. The molecule has 7 heteroatoms. The fourth-order valence-electron chi connectivity index (χ4n) is 1.83. The van der Waals surface area contributed by atoms with Crippen LogP contribution in [0.5, 0.6) is 0 Å². The molecule has 0 aliphatic carbocycles. The van der Waals surface area contributed by atoms with Gasteiger partial charge in [0.15, 0.2) is 0 Å². The second kappa shape index (κ2) is 6.94. The molecule has 21 heavy (non-hydrogen) atoms. The number of nitrogens with one attached hydrogen (secondary N) is 1. The number of benzene rings is 1. The summed E-state index contributed by atoms with van der Waals surface area (Å²) in [5.74, 6) is -0.482. The number of nitrogens with two attached hydrogens (primary N) is 1. The molecule has 0 fully saturated rings. The molecule has 3 N–H and O–H groups in total.